The molecule has 50 heavy (non-hydrogen) atoms. The molecule has 1 aliphatic heterocycles. The molecule has 1 aliphatic rings. The zero-order valence-corrected chi connectivity index (χ0v) is 26.9. The van der Waals surface area contributed by atoms with Crippen LogP contribution in [-0.2, 0) is 0 Å². The van der Waals surface area contributed by atoms with Crippen LogP contribution in [0.25, 0.3) is 66.1 Å². The fourth-order valence-corrected chi connectivity index (χ4v) is 7.21. The highest BCUT2D eigenvalue weighted by Gasteiger charge is 2.25. The minimum atomic E-state index is -0.329. The Morgan fingerprint density at radius 1 is 0.440 bits per heavy atom. The van der Waals surface area contributed by atoms with Gasteiger partial charge in [0.2, 0.25) is 0 Å². The summed E-state index contributed by atoms with van der Waals surface area (Å²) in [4.78, 5) is 10.3. The first-order valence-electron chi connectivity index (χ1n) is 16.8. The molecule has 1 N–H and O–H groups in total. The molecule has 0 saturated heterocycles. The molecule has 10 rings (SSSR count). The molecule has 0 spiro atoms. The van der Waals surface area contributed by atoms with E-state index in [4.69, 9.17) is 18.8 Å². The Balaban J connectivity index is 1.16. The van der Waals surface area contributed by atoms with Crippen LogP contribution in [0.4, 0.5) is 0 Å². The van der Waals surface area contributed by atoms with Crippen molar-refractivity contribution in [3.05, 3.63) is 180 Å². The van der Waals surface area contributed by atoms with Crippen molar-refractivity contribution in [1.29, 1.82) is 0 Å². The van der Waals surface area contributed by atoms with E-state index in [-0.39, 0.29) is 6.17 Å². The van der Waals surface area contributed by atoms with Gasteiger partial charge in [0.1, 0.15) is 34.3 Å². The maximum atomic E-state index is 6.55. The molecule has 1 unspecified atom stereocenters. The van der Waals surface area contributed by atoms with Crippen LogP contribution in [0.3, 0.4) is 0 Å². The number of rotatable bonds is 5. The number of nitrogens with one attached hydrogen (secondary N) is 1. The van der Waals surface area contributed by atoms with Crippen LogP contribution < -0.4 is 5.32 Å². The van der Waals surface area contributed by atoms with Crippen LogP contribution in [0.1, 0.15) is 22.9 Å². The lowest BCUT2D eigenvalue weighted by Crippen LogP contribution is -2.33. The van der Waals surface area contributed by atoms with E-state index in [1.807, 2.05) is 60.7 Å². The van der Waals surface area contributed by atoms with Crippen molar-refractivity contribution < 1.29 is 8.83 Å². The van der Waals surface area contributed by atoms with Gasteiger partial charge in [0.05, 0.1) is 0 Å². The summed E-state index contributed by atoms with van der Waals surface area (Å²) in [6, 6.07) is 56.2. The van der Waals surface area contributed by atoms with E-state index in [1.54, 1.807) is 0 Å². The zero-order chi connectivity index (χ0) is 33.0. The maximum absolute atomic E-state index is 6.55. The summed E-state index contributed by atoms with van der Waals surface area (Å²) in [5.41, 5.74) is 10.7. The normalized spacial score (nSPS) is 14.6. The van der Waals surface area contributed by atoms with Crippen molar-refractivity contribution in [3.63, 3.8) is 0 Å². The van der Waals surface area contributed by atoms with Crippen LogP contribution in [0, 0.1) is 0 Å². The Morgan fingerprint density at radius 3 is 1.82 bits per heavy atom. The minimum absolute atomic E-state index is 0.329. The molecule has 0 saturated carbocycles. The predicted octanol–water partition coefficient (Wildman–Crippen LogP) is 11.3. The van der Waals surface area contributed by atoms with E-state index in [1.165, 1.54) is 5.56 Å². The molecule has 1 atom stereocenters. The second-order valence-corrected chi connectivity index (χ2v) is 12.6. The summed E-state index contributed by atoms with van der Waals surface area (Å²) in [6.07, 6.45) is -0.329. The molecule has 9 aromatic rings. The largest absolute Gasteiger partial charge is 0.456 e. The van der Waals surface area contributed by atoms with Gasteiger partial charge in [-0.3, -0.25) is 0 Å². The van der Waals surface area contributed by atoms with Gasteiger partial charge in [0.25, 0.3) is 0 Å². The molecule has 0 amide bonds. The Labute approximate surface area is 287 Å². The molecule has 0 bridgehead atoms. The average molecular weight is 644 g/mol. The van der Waals surface area contributed by atoms with Crippen molar-refractivity contribution in [2.45, 2.75) is 6.17 Å². The SMILES string of the molecule is c1ccc(-c2ccc(C3=NC(c4ccccc4)NC(c4cccc5oc6cccc(-c7cccc8c7oc7ccccc78)c6c45)=N3)cc2)cc1. The highest BCUT2D eigenvalue weighted by atomic mass is 16.3. The first-order chi connectivity index (χ1) is 24.8. The van der Waals surface area contributed by atoms with Gasteiger partial charge in [-0.25, -0.2) is 9.98 Å². The smallest absolute Gasteiger partial charge is 0.159 e. The lowest BCUT2D eigenvalue weighted by atomic mass is 9.95. The van der Waals surface area contributed by atoms with Gasteiger partial charge < -0.3 is 14.2 Å². The van der Waals surface area contributed by atoms with Gasteiger partial charge in [-0.2, -0.15) is 0 Å². The molecule has 3 heterocycles. The minimum Gasteiger partial charge on any atom is -0.456 e. The number of hydrogen-bond donors (Lipinski definition) is 1. The Bertz CT molecular complexity index is 2770. The number of benzene rings is 7. The number of nitrogens with zero attached hydrogens (tertiary/aromatic N) is 2. The van der Waals surface area contributed by atoms with E-state index in [0.717, 1.165) is 83.1 Å². The van der Waals surface area contributed by atoms with Gasteiger partial charge >= 0.3 is 0 Å². The van der Waals surface area contributed by atoms with Crippen LogP contribution in [-0.4, -0.2) is 11.7 Å². The van der Waals surface area contributed by atoms with Crippen LogP contribution in [0.15, 0.2) is 183 Å². The molecule has 7 aromatic carbocycles. The topological polar surface area (TPSA) is 63.0 Å². The third-order valence-corrected chi connectivity index (χ3v) is 9.58. The van der Waals surface area contributed by atoms with Gasteiger partial charge in [-0.1, -0.05) is 146 Å². The molecule has 5 nitrogen and oxygen atoms in total. The zero-order valence-electron chi connectivity index (χ0n) is 26.9. The summed E-state index contributed by atoms with van der Waals surface area (Å²) in [5.74, 6) is 1.41. The Kier molecular flexibility index (Phi) is 6.49. The molecule has 5 heteroatoms. The second-order valence-electron chi connectivity index (χ2n) is 12.6. The summed E-state index contributed by atoms with van der Waals surface area (Å²) >= 11 is 0. The van der Waals surface area contributed by atoms with E-state index in [0.29, 0.717) is 5.84 Å². The molecule has 2 aromatic heterocycles. The van der Waals surface area contributed by atoms with Crippen molar-refractivity contribution in [2.75, 3.05) is 0 Å². The average Bonchev–Trinajstić information content (AvgIpc) is 3.77. The fourth-order valence-electron chi connectivity index (χ4n) is 7.21. The monoisotopic (exact) mass is 643 g/mol. The Hall–Kier alpha value is -6.72. The van der Waals surface area contributed by atoms with Crippen molar-refractivity contribution in [2.24, 2.45) is 9.98 Å². The van der Waals surface area contributed by atoms with Crippen molar-refractivity contribution >= 4 is 55.5 Å². The summed E-state index contributed by atoms with van der Waals surface area (Å²) in [6.45, 7) is 0. The first-order valence-corrected chi connectivity index (χ1v) is 16.8. The highest BCUT2D eigenvalue weighted by Crippen LogP contribution is 2.42. The van der Waals surface area contributed by atoms with Gasteiger partial charge in [0, 0.05) is 38.2 Å². The quantitative estimate of drug-likeness (QED) is 0.203. The fraction of sp³-hybridized carbons (Fsp3) is 0.0222. The van der Waals surface area contributed by atoms with E-state index in [2.05, 4.69) is 108 Å². The van der Waals surface area contributed by atoms with Gasteiger partial charge in [0.15, 0.2) is 5.84 Å². The van der Waals surface area contributed by atoms with Crippen LogP contribution in [0.5, 0.6) is 0 Å². The lowest BCUT2D eigenvalue weighted by Gasteiger charge is -2.24. The number of para-hydroxylation sites is 2. The van der Waals surface area contributed by atoms with E-state index in [9.17, 15) is 0 Å². The molecule has 0 aliphatic carbocycles. The summed E-state index contributed by atoms with van der Waals surface area (Å²) in [7, 11) is 0. The molecular weight excluding hydrogens is 615 g/mol. The first kappa shape index (κ1) is 28.3. The third-order valence-electron chi connectivity index (χ3n) is 9.58. The molecule has 236 valence electrons. The van der Waals surface area contributed by atoms with Crippen LogP contribution in [0.2, 0.25) is 0 Å². The Morgan fingerprint density at radius 2 is 1.02 bits per heavy atom. The van der Waals surface area contributed by atoms with Gasteiger partial charge in [-0.05, 0) is 40.5 Å². The standard InChI is InChI=1S/C45H29N3O2/c1-3-12-28(13-4-1)29-24-26-31(27-25-29)44-46-43(30-14-5-2-6-15-30)47-45(48-44)36-20-11-23-39-41(36)40-33(17-10-22-38(40)49-39)35-19-9-18-34-32-16-7-8-21-37(32)50-42(34)35/h1-27,43H,(H,46,47,48). The van der Waals surface area contributed by atoms with E-state index >= 15 is 0 Å². The maximum Gasteiger partial charge on any atom is 0.159 e. The summed E-state index contributed by atoms with van der Waals surface area (Å²) < 4.78 is 13.1. The van der Waals surface area contributed by atoms with Gasteiger partial charge in [-0.15, -0.1) is 0 Å². The number of aliphatic imine (C=N–C) groups is 2. The number of hydrogen-bond acceptors (Lipinski definition) is 5. The molecular formula is C45H29N3O2. The lowest BCUT2D eigenvalue weighted by molar-refractivity contribution is 0.667. The third kappa shape index (κ3) is 4.63. The van der Waals surface area contributed by atoms with Crippen molar-refractivity contribution in [1.82, 2.24) is 5.32 Å². The highest BCUT2D eigenvalue weighted by molar-refractivity contribution is 6.25. The second kappa shape index (κ2) is 11.5. The number of amidine groups is 2. The van der Waals surface area contributed by atoms with E-state index < -0.39 is 0 Å². The van der Waals surface area contributed by atoms with Crippen LogP contribution >= 0.6 is 0 Å². The van der Waals surface area contributed by atoms with Crippen molar-refractivity contribution in [3.8, 4) is 22.3 Å². The molecule has 0 fully saturated rings. The predicted molar refractivity (Wildman–Crippen MR) is 204 cm³/mol. The molecule has 0 radical (unpaired) electrons. The number of furan rings is 2. The number of fused-ring (bicyclic) bond motifs is 6. The summed E-state index contributed by atoms with van der Waals surface area (Å²) in [5, 5.41) is 7.88.